The lowest BCUT2D eigenvalue weighted by atomic mass is 9.61. The Bertz CT molecular complexity index is 1320. The van der Waals surface area contributed by atoms with Gasteiger partial charge in [-0.3, -0.25) is 0 Å². The summed E-state index contributed by atoms with van der Waals surface area (Å²) >= 11 is 0. The van der Waals surface area contributed by atoms with Crippen LogP contribution in [0.4, 0.5) is 0 Å². The number of rotatable bonds is 21. The van der Waals surface area contributed by atoms with Crippen LogP contribution in [0.1, 0.15) is 127 Å². The van der Waals surface area contributed by atoms with Gasteiger partial charge in [-0.05, 0) is 200 Å². The fraction of sp³-hybridized carbons (Fsp3) is 0.843. The molecule has 0 amide bonds. The molecule has 0 N–H and O–H groups in total. The third-order valence-corrected chi connectivity index (χ3v) is 23.0. The Morgan fingerprint density at radius 3 is 1.37 bits per heavy atom. The summed E-state index contributed by atoms with van der Waals surface area (Å²) in [7, 11) is -4.92. The molecule has 0 aromatic heterocycles. The molecular formula is C51H90O6Si2. The molecule has 8 aliphatic carbocycles. The Morgan fingerprint density at radius 2 is 0.983 bits per heavy atom. The average Bonchev–Trinajstić information content (AvgIpc) is 4.09. The summed E-state index contributed by atoms with van der Waals surface area (Å²) < 4.78 is 36.2. The molecule has 8 bridgehead atoms. The SMILES string of the molecule is C.C=CC1CC2C=CC1C2.C=CC1CC2CC1C(C1C3CC(CC[Si](OCC)(OCC)OCC)C(C3)C1C)C2C.CCO[Si](CCC1CC2C=CC1C2)(OCC)OCC. The zero-order chi connectivity index (χ0) is 41.5. The second-order valence-corrected chi connectivity index (χ2v) is 25.0. The second-order valence-electron chi connectivity index (χ2n) is 19.6. The van der Waals surface area contributed by atoms with Gasteiger partial charge >= 0.3 is 17.6 Å². The van der Waals surface area contributed by atoms with E-state index in [0.717, 1.165) is 107 Å². The van der Waals surface area contributed by atoms with Gasteiger partial charge in [-0.2, -0.15) is 0 Å². The van der Waals surface area contributed by atoms with Gasteiger partial charge in [0.2, 0.25) is 0 Å². The van der Waals surface area contributed by atoms with E-state index in [1.807, 2.05) is 20.8 Å². The van der Waals surface area contributed by atoms with Crippen molar-refractivity contribution in [3.8, 4) is 0 Å². The van der Waals surface area contributed by atoms with Gasteiger partial charge < -0.3 is 26.6 Å². The molecule has 16 unspecified atom stereocenters. The van der Waals surface area contributed by atoms with Crippen LogP contribution >= 0.6 is 0 Å². The van der Waals surface area contributed by atoms with Crippen LogP contribution in [-0.2, 0) is 26.6 Å². The molecule has 338 valence electrons. The minimum Gasteiger partial charge on any atom is -0.374 e. The number of fused-ring (bicyclic) bond motifs is 8. The summed E-state index contributed by atoms with van der Waals surface area (Å²) in [6.07, 6.45) is 27.7. The van der Waals surface area contributed by atoms with Crippen LogP contribution in [0.15, 0.2) is 49.6 Å². The summed E-state index contributed by atoms with van der Waals surface area (Å²) in [5, 5.41) is 0. The summed E-state index contributed by atoms with van der Waals surface area (Å²) in [6, 6.07) is 1.97. The van der Waals surface area contributed by atoms with Gasteiger partial charge in [-0.25, -0.2) is 0 Å². The maximum atomic E-state index is 6.14. The molecule has 0 heterocycles. The lowest BCUT2D eigenvalue weighted by molar-refractivity contribution is 0.0404. The molecule has 6 nitrogen and oxygen atoms in total. The molecule has 59 heavy (non-hydrogen) atoms. The molecule has 0 radical (unpaired) electrons. The Labute approximate surface area is 365 Å². The Kier molecular flexibility index (Phi) is 18.9. The number of hydrogen-bond acceptors (Lipinski definition) is 6. The van der Waals surface area contributed by atoms with Crippen LogP contribution in [0.3, 0.4) is 0 Å². The smallest absolute Gasteiger partial charge is 0.374 e. The van der Waals surface area contributed by atoms with Gasteiger partial charge in [0.1, 0.15) is 0 Å². The molecule has 8 rings (SSSR count). The zero-order valence-electron chi connectivity index (χ0n) is 38.3. The third-order valence-electron chi connectivity index (χ3n) is 16.8. The summed E-state index contributed by atoms with van der Waals surface area (Å²) in [5.74, 6) is 14.2. The summed E-state index contributed by atoms with van der Waals surface area (Å²) in [4.78, 5) is 0. The van der Waals surface area contributed by atoms with Gasteiger partial charge in [-0.15, -0.1) is 13.2 Å². The van der Waals surface area contributed by atoms with E-state index >= 15 is 0 Å². The van der Waals surface area contributed by atoms with Crippen molar-refractivity contribution in [3.63, 3.8) is 0 Å². The van der Waals surface area contributed by atoms with Crippen molar-refractivity contribution >= 4 is 17.6 Å². The van der Waals surface area contributed by atoms with Crippen molar-refractivity contribution in [2.24, 2.45) is 94.7 Å². The van der Waals surface area contributed by atoms with E-state index in [1.54, 1.807) is 0 Å². The molecule has 0 aromatic carbocycles. The monoisotopic (exact) mass is 855 g/mol. The Balaban J connectivity index is 0.000000193. The largest absolute Gasteiger partial charge is 0.500 e. The first-order valence-corrected chi connectivity index (χ1v) is 28.4. The lowest BCUT2D eigenvalue weighted by Crippen LogP contribution is -2.46. The van der Waals surface area contributed by atoms with Crippen LogP contribution in [0.25, 0.3) is 0 Å². The first kappa shape index (κ1) is 49.2. The molecule has 16 atom stereocenters. The fourth-order valence-corrected chi connectivity index (χ4v) is 20.0. The molecule has 8 heteroatoms. The normalized spacial score (nSPS) is 39.3. The molecule has 0 aliphatic heterocycles. The van der Waals surface area contributed by atoms with Crippen molar-refractivity contribution in [2.75, 3.05) is 39.6 Å². The first-order chi connectivity index (χ1) is 28.1. The molecule has 6 fully saturated rings. The van der Waals surface area contributed by atoms with Crippen LogP contribution in [-0.4, -0.2) is 57.3 Å². The topological polar surface area (TPSA) is 55.4 Å². The van der Waals surface area contributed by atoms with Gasteiger partial charge in [0, 0.05) is 51.7 Å². The van der Waals surface area contributed by atoms with E-state index in [9.17, 15) is 0 Å². The minimum absolute atomic E-state index is 0. The highest BCUT2D eigenvalue weighted by molar-refractivity contribution is 6.61. The highest BCUT2D eigenvalue weighted by Crippen LogP contribution is 2.66. The predicted octanol–water partition coefficient (Wildman–Crippen LogP) is 13.1. The maximum Gasteiger partial charge on any atom is 0.500 e. The van der Waals surface area contributed by atoms with Crippen molar-refractivity contribution in [1.29, 1.82) is 0 Å². The molecule has 0 spiro atoms. The first-order valence-electron chi connectivity index (χ1n) is 24.6. The number of allylic oxidation sites excluding steroid dienone is 6. The average molecular weight is 855 g/mol. The van der Waals surface area contributed by atoms with Gasteiger partial charge in [0.05, 0.1) is 0 Å². The van der Waals surface area contributed by atoms with E-state index < -0.39 is 17.6 Å². The lowest BCUT2D eigenvalue weighted by Gasteiger charge is -2.44. The quantitative estimate of drug-likeness (QED) is 0.0847. The van der Waals surface area contributed by atoms with E-state index in [4.69, 9.17) is 26.6 Å². The highest BCUT2D eigenvalue weighted by Gasteiger charge is 2.60. The van der Waals surface area contributed by atoms with Gasteiger partial charge in [-0.1, -0.05) is 57.7 Å². The van der Waals surface area contributed by atoms with E-state index in [0.29, 0.717) is 39.6 Å². The second kappa shape index (κ2) is 22.7. The Hall–Kier alpha value is -0.846. The fourth-order valence-electron chi connectivity index (χ4n) is 14.5. The van der Waals surface area contributed by atoms with Crippen molar-refractivity contribution in [1.82, 2.24) is 0 Å². The van der Waals surface area contributed by atoms with Crippen LogP contribution in [0.2, 0.25) is 12.1 Å². The van der Waals surface area contributed by atoms with E-state index in [2.05, 4.69) is 84.2 Å². The zero-order valence-corrected chi connectivity index (χ0v) is 40.3. The van der Waals surface area contributed by atoms with E-state index in [-0.39, 0.29) is 7.43 Å². The van der Waals surface area contributed by atoms with Crippen LogP contribution in [0.5, 0.6) is 0 Å². The third kappa shape index (κ3) is 11.1. The van der Waals surface area contributed by atoms with Crippen LogP contribution < -0.4 is 0 Å². The highest BCUT2D eigenvalue weighted by atomic mass is 28.4. The molecule has 0 saturated heterocycles. The summed E-state index contributed by atoms with van der Waals surface area (Å²) in [6.45, 7) is 29.6. The maximum absolute atomic E-state index is 6.14. The molecule has 0 aromatic rings. The van der Waals surface area contributed by atoms with Gasteiger partial charge in [0.25, 0.3) is 0 Å². The molecule has 8 aliphatic rings. The number of hydrogen-bond donors (Lipinski definition) is 0. The van der Waals surface area contributed by atoms with Crippen molar-refractivity contribution in [2.45, 2.75) is 139 Å². The summed E-state index contributed by atoms with van der Waals surface area (Å²) in [5.41, 5.74) is 0. The minimum atomic E-state index is -2.50. The Morgan fingerprint density at radius 1 is 0.492 bits per heavy atom. The molecular weight excluding hydrogens is 765 g/mol. The standard InChI is InChI=1S/C26H46O3Si.C15H28O3Si.C9H12.CH4/c1-7-19-13-21-15-24(19)26(17(21)5)25-18(6)23-16-22(25)14-20(23)11-12-30(27-8-2,28-9-3)29-10-4;1-4-16-19(17-5-2,18-6-3)10-9-15-12-13-7-8-14(15)11-13;1-2-8-5-7-3-4-9(8)6-7;/h7,17-26H,1,8-16H2,2-6H3;7-8,13-15H,4-6,9-12H2,1-3H3;2-4,7-9H,1,5-6H2;1H4. The van der Waals surface area contributed by atoms with Crippen molar-refractivity contribution in [3.05, 3.63) is 49.6 Å². The molecule has 6 saturated carbocycles. The van der Waals surface area contributed by atoms with E-state index in [1.165, 1.54) is 64.2 Å². The van der Waals surface area contributed by atoms with Crippen molar-refractivity contribution < 1.29 is 26.6 Å². The van der Waals surface area contributed by atoms with Gasteiger partial charge in [0.15, 0.2) is 0 Å². The van der Waals surface area contributed by atoms with Crippen LogP contribution in [0, 0.1) is 94.7 Å². The predicted molar refractivity (Wildman–Crippen MR) is 250 cm³/mol.